The van der Waals surface area contributed by atoms with Crippen molar-refractivity contribution in [1.82, 2.24) is 4.90 Å². The Hall–Kier alpha value is -1.17. The second kappa shape index (κ2) is 5.68. The van der Waals surface area contributed by atoms with E-state index in [1.54, 1.807) is 12.1 Å². The van der Waals surface area contributed by atoms with Crippen molar-refractivity contribution >= 4 is 0 Å². The molecule has 1 aromatic carbocycles. The zero-order valence-corrected chi connectivity index (χ0v) is 11.7. The first-order chi connectivity index (χ1) is 9.71. The Kier molecular flexibility index (Phi) is 3.92. The number of hydrogen-bond donors (Lipinski definition) is 0. The highest BCUT2D eigenvalue weighted by Gasteiger charge is 2.40. The average Bonchev–Trinajstić information content (AvgIpc) is 2.89. The minimum Gasteiger partial charge on any atom is -0.497 e. The van der Waals surface area contributed by atoms with Crippen molar-refractivity contribution in [3.63, 3.8) is 0 Å². The molecule has 0 N–H and O–H groups in total. The van der Waals surface area contributed by atoms with Gasteiger partial charge in [0.2, 0.25) is 0 Å². The largest absolute Gasteiger partial charge is 0.497 e. The molecule has 2 aliphatic rings. The molecule has 1 aromatic rings. The summed E-state index contributed by atoms with van der Waals surface area (Å²) in [7, 11) is 1.54. The van der Waals surface area contributed by atoms with Crippen LogP contribution in [0.25, 0.3) is 0 Å². The maximum absolute atomic E-state index is 14.0. The molecule has 0 saturated carbocycles. The van der Waals surface area contributed by atoms with Crippen LogP contribution in [0.5, 0.6) is 5.75 Å². The lowest BCUT2D eigenvalue weighted by Gasteiger charge is -2.38. The first kappa shape index (κ1) is 13.8. The molecule has 2 heterocycles. The molecule has 5 heteroatoms. The molecule has 0 aromatic heterocycles. The molecule has 2 fully saturated rings. The lowest BCUT2D eigenvalue weighted by molar-refractivity contribution is -0.190. The molecule has 4 nitrogen and oxygen atoms in total. The van der Waals surface area contributed by atoms with Crippen LogP contribution in [0.4, 0.5) is 4.39 Å². The summed E-state index contributed by atoms with van der Waals surface area (Å²) in [6.45, 7) is 3.54. The van der Waals surface area contributed by atoms with Crippen molar-refractivity contribution in [1.29, 1.82) is 0 Å². The lowest BCUT2D eigenvalue weighted by atomic mass is 10.0. The maximum Gasteiger partial charge on any atom is 0.181 e. The Morgan fingerprint density at radius 3 is 2.85 bits per heavy atom. The summed E-state index contributed by atoms with van der Waals surface area (Å²) in [5.41, 5.74) is 0.681. The third-order valence-corrected chi connectivity index (χ3v) is 3.96. The molecular weight excluding hydrogens is 261 g/mol. The Bertz CT molecular complexity index is 474. The van der Waals surface area contributed by atoms with E-state index in [0.717, 1.165) is 19.4 Å². The zero-order valence-electron chi connectivity index (χ0n) is 11.7. The van der Waals surface area contributed by atoms with Crippen LogP contribution in [0.3, 0.4) is 0 Å². The van der Waals surface area contributed by atoms with Gasteiger partial charge in [0.25, 0.3) is 0 Å². The monoisotopic (exact) mass is 281 g/mol. The highest BCUT2D eigenvalue weighted by atomic mass is 19.1. The SMILES string of the molecule is COc1ccc(CN2CCCC3(C2)OCCO3)c(F)c1. The van der Waals surface area contributed by atoms with E-state index in [9.17, 15) is 4.39 Å². The third kappa shape index (κ3) is 2.80. The van der Waals surface area contributed by atoms with Crippen LogP contribution < -0.4 is 4.74 Å². The number of hydrogen-bond acceptors (Lipinski definition) is 4. The number of likely N-dealkylation sites (tertiary alicyclic amines) is 1. The van der Waals surface area contributed by atoms with Crippen LogP contribution in [0.15, 0.2) is 18.2 Å². The number of piperidine rings is 1. The second-order valence-electron chi connectivity index (χ2n) is 5.38. The van der Waals surface area contributed by atoms with Crippen LogP contribution in [0, 0.1) is 5.82 Å². The van der Waals surface area contributed by atoms with Crippen molar-refractivity contribution in [2.45, 2.75) is 25.2 Å². The Balaban J connectivity index is 1.68. The second-order valence-corrected chi connectivity index (χ2v) is 5.38. The molecule has 0 bridgehead atoms. The van der Waals surface area contributed by atoms with E-state index < -0.39 is 5.79 Å². The summed E-state index contributed by atoms with van der Waals surface area (Å²) in [6, 6.07) is 5.00. The van der Waals surface area contributed by atoms with Crippen molar-refractivity contribution in [2.24, 2.45) is 0 Å². The van der Waals surface area contributed by atoms with Crippen molar-refractivity contribution in [3.05, 3.63) is 29.6 Å². The third-order valence-electron chi connectivity index (χ3n) is 3.96. The number of benzene rings is 1. The van der Waals surface area contributed by atoms with Gasteiger partial charge in [0, 0.05) is 24.6 Å². The fraction of sp³-hybridized carbons (Fsp3) is 0.600. The molecule has 0 aliphatic carbocycles. The maximum atomic E-state index is 14.0. The molecule has 0 radical (unpaired) electrons. The van der Waals surface area contributed by atoms with Crippen molar-refractivity contribution in [2.75, 3.05) is 33.4 Å². The first-order valence-electron chi connectivity index (χ1n) is 7.03. The number of methoxy groups -OCH3 is 1. The van der Waals surface area contributed by atoms with E-state index in [0.29, 0.717) is 37.6 Å². The Morgan fingerprint density at radius 1 is 1.35 bits per heavy atom. The molecule has 0 unspecified atom stereocenters. The van der Waals surface area contributed by atoms with Gasteiger partial charge < -0.3 is 14.2 Å². The van der Waals surface area contributed by atoms with Crippen LogP contribution in [-0.2, 0) is 16.0 Å². The van der Waals surface area contributed by atoms with Gasteiger partial charge in [-0.25, -0.2) is 4.39 Å². The first-order valence-corrected chi connectivity index (χ1v) is 7.03. The van der Waals surface area contributed by atoms with Gasteiger partial charge in [0.05, 0.1) is 26.9 Å². The van der Waals surface area contributed by atoms with Crippen molar-refractivity contribution in [3.8, 4) is 5.75 Å². The minimum atomic E-state index is -0.457. The highest BCUT2D eigenvalue weighted by Crippen LogP contribution is 2.31. The summed E-state index contributed by atoms with van der Waals surface area (Å²) >= 11 is 0. The van der Waals surface area contributed by atoms with Gasteiger partial charge in [-0.05, 0) is 19.0 Å². The topological polar surface area (TPSA) is 30.9 Å². The van der Waals surface area contributed by atoms with E-state index in [-0.39, 0.29) is 5.82 Å². The number of rotatable bonds is 3. The average molecular weight is 281 g/mol. The molecule has 2 aliphatic heterocycles. The predicted molar refractivity (Wildman–Crippen MR) is 72.1 cm³/mol. The standard InChI is InChI=1S/C15H20FNO3/c1-18-13-4-3-12(14(16)9-13)10-17-6-2-5-15(11-17)19-7-8-20-15/h3-4,9H,2,5-8,10-11H2,1H3. The van der Waals surface area contributed by atoms with Crippen LogP contribution in [-0.4, -0.2) is 44.1 Å². The van der Waals surface area contributed by atoms with Gasteiger partial charge in [-0.2, -0.15) is 0 Å². The van der Waals surface area contributed by atoms with Crippen LogP contribution >= 0.6 is 0 Å². The molecule has 0 atom stereocenters. The zero-order chi connectivity index (χ0) is 14.0. The highest BCUT2D eigenvalue weighted by molar-refractivity contribution is 5.28. The van der Waals surface area contributed by atoms with E-state index in [2.05, 4.69) is 4.90 Å². The summed E-state index contributed by atoms with van der Waals surface area (Å²) in [5, 5.41) is 0. The van der Waals surface area contributed by atoms with Gasteiger partial charge in [0.1, 0.15) is 11.6 Å². The number of nitrogens with zero attached hydrogens (tertiary/aromatic N) is 1. The van der Waals surface area contributed by atoms with Gasteiger partial charge >= 0.3 is 0 Å². The summed E-state index contributed by atoms with van der Waals surface area (Å²) in [6.07, 6.45) is 1.94. The quantitative estimate of drug-likeness (QED) is 0.849. The predicted octanol–water partition coefficient (Wildman–Crippen LogP) is 2.17. The van der Waals surface area contributed by atoms with E-state index >= 15 is 0 Å². The molecule has 3 rings (SSSR count). The summed E-state index contributed by atoms with van der Waals surface area (Å²) in [5.74, 6) is -0.137. The van der Waals surface area contributed by atoms with Crippen LogP contribution in [0.1, 0.15) is 18.4 Å². The van der Waals surface area contributed by atoms with E-state index in [1.165, 1.54) is 13.2 Å². The molecular formula is C15H20FNO3. The van der Waals surface area contributed by atoms with E-state index in [4.69, 9.17) is 14.2 Å². The van der Waals surface area contributed by atoms with Gasteiger partial charge in [-0.1, -0.05) is 6.07 Å². The lowest BCUT2D eigenvalue weighted by Crippen LogP contribution is -2.48. The molecule has 20 heavy (non-hydrogen) atoms. The fourth-order valence-electron chi connectivity index (χ4n) is 2.96. The molecule has 0 amide bonds. The van der Waals surface area contributed by atoms with Crippen molar-refractivity contribution < 1.29 is 18.6 Å². The van der Waals surface area contributed by atoms with Gasteiger partial charge in [0.15, 0.2) is 5.79 Å². The molecule has 110 valence electrons. The molecule has 2 saturated heterocycles. The smallest absolute Gasteiger partial charge is 0.181 e. The summed E-state index contributed by atoms with van der Waals surface area (Å²) < 4.78 is 30.5. The molecule has 1 spiro atoms. The normalized spacial score (nSPS) is 22.3. The minimum absolute atomic E-state index is 0.225. The Labute approximate surface area is 118 Å². The summed E-state index contributed by atoms with van der Waals surface area (Å²) in [4.78, 5) is 2.19. The fourth-order valence-corrected chi connectivity index (χ4v) is 2.96. The van der Waals surface area contributed by atoms with Crippen LogP contribution in [0.2, 0.25) is 0 Å². The number of halogens is 1. The van der Waals surface area contributed by atoms with E-state index in [1.807, 2.05) is 0 Å². The van der Waals surface area contributed by atoms with Gasteiger partial charge in [-0.15, -0.1) is 0 Å². The number of ether oxygens (including phenoxy) is 3. The van der Waals surface area contributed by atoms with Gasteiger partial charge in [-0.3, -0.25) is 4.90 Å². The Morgan fingerprint density at radius 2 is 2.15 bits per heavy atom.